The molecular weight excluding hydrogens is 244 g/mol. The van der Waals surface area contributed by atoms with E-state index in [4.69, 9.17) is 5.11 Å². The molecule has 0 unspecified atom stereocenters. The van der Waals surface area contributed by atoms with Crippen LogP contribution >= 0.6 is 11.8 Å². The lowest BCUT2D eigenvalue weighted by Crippen LogP contribution is -2.06. The number of rotatable bonds is 3. The maximum Gasteiger partial charge on any atom is 0.356 e. The first-order valence-electron chi connectivity index (χ1n) is 4.43. The van der Waals surface area contributed by atoms with Gasteiger partial charge in [0.2, 0.25) is 0 Å². The van der Waals surface area contributed by atoms with E-state index in [1.54, 1.807) is 0 Å². The Hall–Kier alpha value is -2.22. The van der Waals surface area contributed by atoms with Gasteiger partial charge in [0, 0.05) is 12.3 Å². The van der Waals surface area contributed by atoms with E-state index in [1.165, 1.54) is 18.5 Å². The Morgan fingerprint density at radius 2 is 2.24 bits per heavy atom. The summed E-state index contributed by atoms with van der Waals surface area (Å²) in [6.07, 6.45) is 3.90. The zero-order valence-corrected chi connectivity index (χ0v) is 9.14. The van der Waals surface area contributed by atoms with E-state index in [0.29, 0.717) is 10.2 Å². The minimum absolute atomic E-state index is 0.159. The second kappa shape index (κ2) is 4.74. The second-order valence-corrected chi connectivity index (χ2v) is 3.90. The van der Waals surface area contributed by atoms with Crippen molar-refractivity contribution in [2.75, 3.05) is 0 Å². The predicted octanol–water partition coefficient (Wildman–Crippen LogP) is 0.409. The lowest BCUT2D eigenvalue weighted by molar-refractivity contribution is 0.0689. The highest BCUT2D eigenvalue weighted by Crippen LogP contribution is 2.20. The molecule has 0 atom stereocenters. The fraction of sp³-hybridized carbons (Fsp3) is 0. The number of aromatic amines is 1. The summed E-state index contributed by atoms with van der Waals surface area (Å²) < 4.78 is 0. The zero-order chi connectivity index (χ0) is 12.3. The second-order valence-electron chi connectivity index (χ2n) is 2.89. The normalized spacial score (nSPS) is 10.1. The average molecular weight is 250 g/mol. The molecule has 2 heterocycles. The molecule has 0 aliphatic rings. The van der Waals surface area contributed by atoms with Crippen LogP contribution in [-0.4, -0.2) is 31.0 Å². The topological polar surface area (TPSA) is 109 Å². The summed E-state index contributed by atoms with van der Waals surface area (Å²) in [5.74, 6) is -1.16. The molecule has 17 heavy (non-hydrogen) atoms. The number of carbonyl (C=O) groups is 1. The third kappa shape index (κ3) is 2.88. The highest BCUT2D eigenvalue weighted by molar-refractivity contribution is 7.99. The van der Waals surface area contributed by atoms with Gasteiger partial charge in [-0.3, -0.25) is 9.78 Å². The van der Waals surface area contributed by atoms with Crippen molar-refractivity contribution in [1.29, 1.82) is 0 Å². The molecule has 0 aromatic carbocycles. The molecule has 2 aromatic rings. The van der Waals surface area contributed by atoms with Gasteiger partial charge >= 0.3 is 5.97 Å². The van der Waals surface area contributed by atoms with E-state index in [1.807, 2.05) is 0 Å². The SMILES string of the molecule is O=C(O)c1cncc(Sc2nccc(=O)[nH]2)n1. The van der Waals surface area contributed by atoms with Crippen molar-refractivity contribution in [1.82, 2.24) is 19.9 Å². The van der Waals surface area contributed by atoms with Crippen LogP contribution in [-0.2, 0) is 0 Å². The van der Waals surface area contributed by atoms with Crippen molar-refractivity contribution < 1.29 is 9.90 Å². The Morgan fingerprint density at radius 3 is 2.94 bits per heavy atom. The first kappa shape index (κ1) is 11.3. The third-order valence-corrected chi connectivity index (χ3v) is 2.49. The predicted molar refractivity (Wildman–Crippen MR) is 58.0 cm³/mol. The molecule has 8 heteroatoms. The van der Waals surface area contributed by atoms with E-state index in [0.717, 1.165) is 18.0 Å². The van der Waals surface area contributed by atoms with Crippen LogP contribution in [0.4, 0.5) is 0 Å². The zero-order valence-electron chi connectivity index (χ0n) is 8.32. The van der Waals surface area contributed by atoms with Gasteiger partial charge in [-0.25, -0.2) is 14.8 Å². The van der Waals surface area contributed by atoms with Crippen molar-refractivity contribution in [3.63, 3.8) is 0 Å². The summed E-state index contributed by atoms with van der Waals surface area (Å²) in [5, 5.41) is 9.41. The molecule has 0 aliphatic carbocycles. The summed E-state index contributed by atoms with van der Waals surface area (Å²) in [5.41, 5.74) is -0.446. The van der Waals surface area contributed by atoms with Crippen LogP contribution in [0.2, 0.25) is 0 Å². The van der Waals surface area contributed by atoms with Gasteiger partial charge in [-0.1, -0.05) is 0 Å². The molecule has 86 valence electrons. The molecule has 0 radical (unpaired) electrons. The van der Waals surface area contributed by atoms with Gasteiger partial charge in [-0.05, 0) is 11.8 Å². The van der Waals surface area contributed by atoms with Crippen LogP contribution in [0, 0.1) is 0 Å². The number of nitrogens with zero attached hydrogens (tertiary/aromatic N) is 3. The summed E-state index contributed by atoms with van der Waals surface area (Å²) in [6.45, 7) is 0. The number of nitrogens with one attached hydrogen (secondary N) is 1. The number of hydrogen-bond acceptors (Lipinski definition) is 6. The van der Waals surface area contributed by atoms with E-state index >= 15 is 0 Å². The van der Waals surface area contributed by atoms with Gasteiger partial charge in [0.05, 0.1) is 12.4 Å². The van der Waals surface area contributed by atoms with Crippen molar-refractivity contribution in [2.24, 2.45) is 0 Å². The number of carboxylic acids is 1. The van der Waals surface area contributed by atoms with E-state index < -0.39 is 5.97 Å². The number of aromatic carboxylic acids is 1. The molecular formula is C9H6N4O3S. The number of aromatic nitrogens is 4. The molecule has 2 aromatic heterocycles. The Kier molecular flexibility index (Phi) is 3.15. The highest BCUT2D eigenvalue weighted by Gasteiger charge is 2.07. The molecule has 0 spiro atoms. The molecule has 0 fully saturated rings. The molecule has 0 aliphatic heterocycles. The van der Waals surface area contributed by atoms with E-state index in [2.05, 4.69) is 19.9 Å². The van der Waals surface area contributed by atoms with Crippen LogP contribution in [0.1, 0.15) is 10.5 Å². The van der Waals surface area contributed by atoms with Crippen LogP contribution in [0.5, 0.6) is 0 Å². The van der Waals surface area contributed by atoms with Crippen LogP contribution < -0.4 is 5.56 Å². The molecule has 0 saturated heterocycles. The van der Waals surface area contributed by atoms with Gasteiger partial charge in [0.15, 0.2) is 10.9 Å². The standard InChI is InChI=1S/C9H6N4O3S/c14-6-1-2-11-9(13-6)17-7-4-10-3-5(12-7)8(15)16/h1-4H,(H,15,16)(H,11,13,14). The maximum absolute atomic E-state index is 11.0. The Morgan fingerprint density at radius 1 is 1.41 bits per heavy atom. The number of H-pyrrole nitrogens is 1. The summed E-state index contributed by atoms with van der Waals surface area (Å²) in [7, 11) is 0. The molecule has 0 bridgehead atoms. The molecule has 7 nitrogen and oxygen atoms in total. The molecule has 2 N–H and O–H groups in total. The number of carboxylic acid groups (broad SMARTS) is 1. The quantitative estimate of drug-likeness (QED) is 0.759. The highest BCUT2D eigenvalue weighted by atomic mass is 32.2. The fourth-order valence-electron chi connectivity index (χ4n) is 1.00. The monoisotopic (exact) mass is 250 g/mol. The lowest BCUT2D eigenvalue weighted by Gasteiger charge is -1.99. The van der Waals surface area contributed by atoms with Gasteiger partial charge in [-0.2, -0.15) is 0 Å². The van der Waals surface area contributed by atoms with Crippen LogP contribution in [0.15, 0.2) is 39.6 Å². The van der Waals surface area contributed by atoms with Gasteiger partial charge in [0.1, 0.15) is 5.03 Å². The minimum atomic E-state index is -1.16. The first-order chi connectivity index (χ1) is 8.15. The Labute approximate surface area is 99.0 Å². The van der Waals surface area contributed by atoms with Crippen LogP contribution in [0.3, 0.4) is 0 Å². The lowest BCUT2D eigenvalue weighted by atomic mass is 10.5. The van der Waals surface area contributed by atoms with Gasteiger partial charge in [0.25, 0.3) is 5.56 Å². The maximum atomic E-state index is 11.0. The van der Waals surface area contributed by atoms with E-state index in [-0.39, 0.29) is 11.3 Å². The molecule has 0 amide bonds. The van der Waals surface area contributed by atoms with Crippen LogP contribution in [0.25, 0.3) is 0 Å². The van der Waals surface area contributed by atoms with Crippen molar-refractivity contribution in [3.8, 4) is 0 Å². The average Bonchev–Trinajstić information content (AvgIpc) is 2.29. The largest absolute Gasteiger partial charge is 0.476 e. The third-order valence-electron chi connectivity index (χ3n) is 1.68. The van der Waals surface area contributed by atoms with Gasteiger partial charge in [-0.15, -0.1) is 0 Å². The first-order valence-corrected chi connectivity index (χ1v) is 5.25. The Balaban J connectivity index is 2.27. The van der Waals surface area contributed by atoms with E-state index in [9.17, 15) is 9.59 Å². The van der Waals surface area contributed by atoms with Crippen molar-refractivity contribution in [2.45, 2.75) is 10.2 Å². The summed E-state index contributed by atoms with van der Waals surface area (Å²) >= 11 is 1.03. The molecule has 0 saturated carbocycles. The summed E-state index contributed by atoms with van der Waals surface area (Å²) in [6, 6.07) is 1.28. The fourth-order valence-corrected chi connectivity index (χ4v) is 1.72. The van der Waals surface area contributed by atoms with Crippen molar-refractivity contribution >= 4 is 17.7 Å². The number of hydrogen-bond donors (Lipinski definition) is 2. The molecule has 2 rings (SSSR count). The van der Waals surface area contributed by atoms with Gasteiger partial charge < -0.3 is 10.1 Å². The smallest absolute Gasteiger partial charge is 0.356 e. The minimum Gasteiger partial charge on any atom is -0.476 e. The van der Waals surface area contributed by atoms with Crippen molar-refractivity contribution in [3.05, 3.63) is 40.7 Å². The Bertz CT molecular complexity index is 613. The summed E-state index contributed by atoms with van der Waals surface area (Å²) in [4.78, 5) is 35.7.